The Morgan fingerprint density at radius 1 is 1.58 bits per heavy atom. The number of anilines is 1. The van der Waals surface area contributed by atoms with E-state index >= 15 is 0 Å². The third-order valence-corrected chi connectivity index (χ3v) is 4.40. The van der Waals surface area contributed by atoms with Crippen LogP contribution < -0.4 is 11.1 Å². The fourth-order valence-corrected chi connectivity index (χ4v) is 2.72. The molecule has 5 nitrogen and oxygen atoms in total. The van der Waals surface area contributed by atoms with Crippen LogP contribution in [0.4, 0.5) is 5.69 Å². The number of methoxy groups -OCH3 is 1. The number of nitrogen functional groups attached to an aromatic ring is 1. The average Bonchev–Trinajstić information content (AvgIpc) is 2.40. The molecule has 0 fully saturated rings. The molecule has 0 aliphatic rings. The van der Waals surface area contributed by atoms with E-state index in [0.717, 1.165) is 0 Å². The highest BCUT2D eigenvalue weighted by molar-refractivity contribution is 7.86. The molecule has 2 unspecified atom stereocenters. The van der Waals surface area contributed by atoms with E-state index in [4.69, 9.17) is 22.1 Å². The van der Waals surface area contributed by atoms with E-state index in [-0.39, 0.29) is 5.91 Å². The molecule has 0 saturated heterocycles. The largest absolute Gasteiger partial charge is 0.398 e. The summed E-state index contributed by atoms with van der Waals surface area (Å²) in [5, 5.41) is 2.31. The molecule has 1 amide bonds. The number of benzene rings is 1. The Labute approximate surface area is 119 Å². The lowest BCUT2D eigenvalue weighted by molar-refractivity contribution is -0.120. The van der Waals surface area contributed by atoms with E-state index in [0.29, 0.717) is 28.8 Å². The number of carbonyl (C=O) groups is 1. The molecule has 0 aliphatic carbocycles. The molecule has 2 atom stereocenters. The van der Waals surface area contributed by atoms with Crippen molar-refractivity contribution in [2.75, 3.05) is 26.0 Å². The highest BCUT2D eigenvalue weighted by Gasteiger charge is 2.21. The summed E-state index contributed by atoms with van der Waals surface area (Å²) in [6, 6.07) is 4.70. The van der Waals surface area contributed by atoms with Gasteiger partial charge in [-0.15, -0.1) is 0 Å². The Balaban J connectivity index is 2.70. The predicted molar refractivity (Wildman–Crippen MR) is 76.6 cm³/mol. The van der Waals surface area contributed by atoms with Crippen molar-refractivity contribution in [2.45, 2.75) is 17.1 Å². The topological polar surface area (TPSA) is 81.4 Å². The minimum atomic E-state index is -1.48. The summed E-state index contributed by atoms with van der Waals surface area (Å²) in [5.74, 6) is -0.289. The van der Waals surface area contributed by atoms with Crippen molar-refractivity contribution in [1.82, 2.24) is 5.32 Å². The lowest BCUT2D eigenvalue weighted by Gasteiger charge is -2.12. The second-order valence-corrected chi connectivity index (χ2v) is 6.09. The Morgan fingerprint density at radius 2 is 2.26 bits per heavy atom. The summed E-state index contributed by atoms with van der Waals surface area (Å²) in [4.78, 5) is 12.2. The van der Waals surface area contributed by atoms with Gasteiger partial charge in [0.25, 0.3) is 0 Å². The Kier molecular flexibility index (Phi) is 6.27. The van der Waals surface area contributed by atoms with Gasteiger partial charge in [-0.3, -0.25) is 9.00 Å². The first-order valence-electron chi connectivity index (χ1n) is 5.69. The first kappa shape index (κ1) is 15.9. The van der Waals surface area contributed by atoms with E-state index in [9.17, 15) is 9.00 Å². The van der Waals surface area contributed by atoms with Crippen molar-refractivity contribution in [2.24, 2.45) is 0 Å². The van der Waals surface area contributed by atoms with Crippen molar-refractivity contribution in [3.63, 3.8) is 0 Å². The van der Waals surface area contributed by atoms with Crippen LogP contribution in [0.25, 0.3) is 0 Å². The number of carbonyl (C=O) groups excluding carboxylic acids is 1. The number of hydrogen-bond donors (Lipinski definition) is 2. The zero-order valence-electron chi connectivity index (χ0n) is 10.8. The van der Waals surface area contributed by atoms with Crippen molar-refractivity contribution < 1.29 is 13.7 Å². The van der Waals surface area contributed by atoms with Crippen LogP contribution in [0.3, 0.4) is 0 Å². The predicted octanol–water partition coefficient (Wildman–Crippen LogP) is 1.18. The zero-order valence-corrected chi connectivity index (χ0v) is 12.4. The molecule has 0 bridgehead atoms. The fraction of sp³-hybridized carbons (Fsp3) is 0.417. The number of halogens is 1. The van der Waals surface area contributed by atoms with Gasteiger partial charge in [0.15, 0.2) is 0 Å². The molecule has 7 heteroatoms. The maximum Gasteiger partial charge on any atom is 0.235 e. The minimum Gasteiger partial charge on any atom is -0.398 e. The van der Waals surface area contributed by atoms with Crippen molar-refractivity contribution in [3.05, 3.63) is 23.2 Å². The second kappa shape index (κ2) is 7.47. The van der Waals surface area contributed by atoms with Crippen LogP contribution in [-0.4, -0.2) is 35.6 Å². The summed E-state index contributed by atoms with van der Waals surface area (Å²) in [6.45, 7) is 2.40. The van der Waals surface area contributed by atoms with Gasteiger partial charge < -0.3 is 15.8 Å². The molecular formula is C12H17ClN2O3S. The standard InChI is InChI=1S/C12H17ClN2O3S/c1-8(12(16)15-5-6-18-2)19(17)9-3-4-11(14)10(13)7-9/h3-4,7-8H,5-6,14H2,1-2H3,(H,15,16). The highest BCUT2D eigenvalue weighted by atomic mass is 35.5. The average molecular weight is 305 g/mol. The normalized spacial score (nSPS) is 13.8. The molecule has 106 valence electrons. The number of rotatable bonds is 6. The Morgan fingerprint density at radius 3 is 2.84 bits per heavy atom. The molecule has 1 aromatic carbocycles. The molecule has 0 spiro atoms. The number of amides is 1. The molecule has 3 N–H and O–H groups in total. The van der Waals surface area contributed by atoms with Crippen molar-refractivity contribution in [1.29, 1.82) is 0 Å². The lowest BCUT2D eigenvalue weighted by atomic mass is 10.3. The molecule has 0 saturated carbocycles. The lowest BCUT2D eigenvalue weighted by Crippen LogP contribution is -2.37. The van der Waals surface area contributed by atoms with Crippen LogP contribution in [0, 0.1) is 0 Å². The quantitative estimate of drug-likeness (QED) is 0.611. The molecule has 0 radical (unpaired) electrons. The first-order chi connectivity index (χ1) is 8.97. The molecule has 1 rings (SSSR count). The number of hydrogen-bond acceptors (Lipinski definition) is 4. The van der Waals surface area contributed by atoms with Gasteiger partial charge in [0.2, 0.25) is 5.91 Å². The van der Waals surface area contributed by atoms with Crippen LogP contribution in [0.15, 0.2) is 23.1 Å². The molecule has 19 heavy (non-hydrogen) atoms. The van der Waals surface area contributed by atoms with Gasteiger partial charge in [0.05, 0.1) is 28.1 Å². The maximum absolute atomic E-state index is 12.2. The van der Waals surface area contributed by atoms with E-state index in [1.165, 1.54) is 6.07 Å². The van der Waals surface area contributed by atoms with Crippen molar-refractivity contribution in [3.8, 4) is 0 Å². The summed E-state index contributed by atoms with van der Waals surface area (Å²) in [6.07, 6.45) is 0. The van der Waals surface area contributed by atoms with Crippen molar-refractivity contribution >= 4 is 34.0 Å². The molecular weight excluding hydrogens is 288 g/mol. The monoisotopic (exact) mass is 304 g/mol. The van der Waals surface area contributed by atoms with Crippen LogP contribution in [0.1, 0.15) is 6.92 Å². The highest BCUT2D eigenvalue weighted by Crippen LogP contribution is 2.22. The van der Waals surface area contributed by atoms with Gasteiger partial charge in [-0.2, -0.15) is 0 Å². The third kappa shape index (κ3) is 4.49. The maximum atomic E-state index is 12.2. The minimum absolute atomic E-state index is 0.289. The van der Waals surface area contributed by atoms with Gasteiger partial charge in [0.1, 0.15) is 5.25 Å². The zero-order chi connectivity index (χ0) is 14.4. The van der Waals surface area contributed by atoms with E-state index < -0.39 is 16.0 Å². The fourth-order valence-electron chi connectivity index (χ4n) is 1.35. The van der Waals surface area contributed by atoms with Gasteiger partial charge in [0, 0.05) is 18.6 Å². The van der Waals surface area contributed by atoms with E-state index in [1.807, 2.05) is 0 Å². The van der Waals surface area contributed by atoms with Gasteiger partial charge in [-0.1, -0.05) is 11.6 Å². The SMILES string of the molecule is COCCNC(=O)C(C)S(=O)c1ccc(N)c(Cl)c1. The number of nitrogens with two attached hydrogens (primary N) is 1. The third-order valence-electron chi connectivity index (χ3n) is 2.50. The summed E-state index contributed by atoms with van der Waals surface area (Å²) in [5.41, 5.74) is 6.00. The van der Waals surface area contributed by atoms with Crippen LogP contribution >= 0.6 is 11.6 Å². The smallest absolute Gasteiger partial charge is 0.235 e. The summed E-state index contributed by atoms with van der Waals surface area (Å²) < 4.78 is 17.0. The van der Waals surface area contributed by atoms with E-state index in [2.05, 4.69) is 5.32 Å². The Hall–Kier alpha value is -1.11. The summed E-state index contributed by atoms with van der Waals surface area (Å²) >= 11 is 5.87. The number of ether oxygens (including phenoxy) is 1. The molecule has 0 aliphatic heterocycles. The molecule has 0 aromatic heterocycles. The molecule has 0 heterocycles. The number of nitrogens with one attached hydrogen (secondary N) is 1. The van der Waals surface area contributed by atoms with Gasteiger partial charge >= 0.3 is 0 Å². The second-order valence-electron chi connectivity index (χ2n) is 3.91. The van der Waals surface area contributed by atoms with Crippen LogP contribution in [-0.2, 0) is 20.3 Å². The van der Waals surface area contributed by atoms with Gasteiger partial charge in [-0.25, -0.2) is 0 Å². The van der Waals surface area contributed by atoms with Crippen LogP contribution in [0.5, 0.6) is 0 Å². The Bertz CT molecular complexity index is 482. The first-order valence-corrected chi connectivity index (χ1v) is 7.28. The summed E-state index contributed by atoms with van der Waals surface area (Å²) in [7, 11) is 0.0707. The van der Waals surface area contributed by atoms with Gasteiger partial charge in [-0.05, 0) is 25.1 Å². The molecule has 1 aromatic rings. The van der Waals surface area contributed by atoms with Crippen LogP contribution in [0.2, 0.25) is 5.02 Å². The van der Waals surface area contributed by atoms with E-state index in [1.54, 1.807) is 26.2 Å².